The highest BCUT2D eigenvalue weighted by molar-refractivity contribution is 4.88. The third kappa shape index (κ3) is 2.71. The highest BCUT2D eigenvalue weighted by Crippen LogP contribution is 2.33. The van der Waals surface area contributed by atoms with E-state index in [0.29, 0.717) is 11.6 Å². The maximum atomic E-state index is 5.92. The third-order valence-corrected chi connectivity index (χ3v) is 3.90. The predicted octanol–water partition coefficient (Wildman–Crippen LogP) is 2.33. The van der Waals surface area contributed by atoms with Gasteiger partial charge in [0.1, 0.15) is 0 Å². The lowest BCUT2D eigenvalue weighted by atomic mass is 9.82. The molecule has 82 valence electrons. The molecule has 0 unspecified atom stereocenters. The molecule has 2 aliphatic rings. The summed E-state index contributed by atoms with van der Waals surface area (Å²) < 4.78 is 5.92. The molecule has 0 aromatic rings. The Labute approximate surface area is 87.4 Å². The van der Waals surface area contributed by atoms with E-state index in [9.17, 15) is 0 Å². The van der Waals surface area contributed by atoms with Crippen molar-refractivity contribution in [1.82, 2.24) is 5.32 Å². The van der Waals surface area contributed by atoms with Gasteiger partial charge in [-0.2, -0.15) is 0 Å². The second-order valence-corrected chi connectivity index (χ2v) is 5.29. The summed E-state index contributed by atoms with van der Waals surface area (Å²) in [6.45, 7) is 3.35. The molecule has 0 amide bonds. The van der Waals surface area contributed by atoms with Crippen LogP contribution in [0.5, 0.6) is 0 Å². The van der Waals surface area contributed by atoms with E-state index in [1.807, 2.05) is 0 Å². The largest absolute Gasteiger partial charge is 0.378 e. The van der Waals surface area contributed by atoms with Crippen molar-refractivity contribution in [3.05, 3.63) is 0 Å². The number of rotatable bonds is 4. The molecule has 0 atom stereocenters. The van der Waals surface area contributed by atoms with Gasteiger partial charge in [-0.25, -0.2) is 0 Å². The monoisotopic (exact) mass is 197 g/mol. The quantitative estimate of drug-likeness (QED) is 0.747. The average molecular weight is 197 g/mol. The third-order valence-electron chi connectivity index (χ3n) is 3.90. The molecule has 0 aromatic carbocycles. The Kier molecular flexibility index (Phi) is 3.13. The summed E-state index contributed by atoms with van der Waals surface area (Å²) in [6, 6.07) is 0. The number of nitrogens with one attached hydrogen (secondary N) is 1. The first-order valence-electron chi connectivity index (χ1n) is 6.02. The van der Waals surface area contributed by atoms with E-state index in [1.54, 1.807) is 0 Å². The molecule has 0 heterocycles. The number of hydrogen-bond donors (Lipinski definition) is 1. The molecule has 1 N–H and O–H groups in total. The number of hydrogen-bond acceptors (Lipinski definition) is 2. The Morgan fingerprint density at radius 3 is 2.36 bits per heavy atom. The van der Waals surface area contributed by atoms with Crippen molar-refractivity contribution < 1.29 is 4.74 Å². The molecule has 0 bridgehead atoms. The van der Waals surface area contributed by atoms with Crippen molar-refractivity contribution in [3.8, 4) is 0 Å². The number of ether oxygens (including phenoxy) is 1. The van der Waals surface area contributed by atoms with Crippen LogP contribution in [0.2, 0.25) is 0 Å². The second kappa shape index (κ2) is 4.19. The zero-order chi connectivity index (χ0) is 10.0. The van der Waals surface area contributed by atoms with Crippen LogP contribution in [0.1, 0.15) is 45.4 Å². The molecule has 2 nitrogen and oxygen atoms in total. The van der Waals surface area contributed by atoms with Gasteiger partial charge < -0.3 is 10.1 Å². The predicted molar refractivity (Wildman–Crippen MR) is 58.4 cm³/mol. The summed E-state index contributed by atoms with van der Waals surface area (Å²) >= 11 is 0. The molecular formula is C12H23NO. The first-order chi connectivity index (χ1) is 6.72. The van der Waals surface area contributed by atoms with E-state index in [2.05, 4.69) is 19.3 Å². The fourth-order valence-electron chi connectivity index (χ4n) is 2.20. The molecule has 14 heavy (non-hydrogen) atoms. The van der Waals surface area contributed by atoms with Crippen LogP contribution in [0.4, 0.5) is 0 Å². The molecule has 2 heteroatoms. The van der Waals surface area contributed by atoms with Gasteiger partial charge in [0.2, 0.25) is 0 Å². The van der Waals surface area contributed by atoms with Crippen molar-refractivity contribution in [3.63, 3.8) is 0 Å². The molecule has 0 saturated heterocycles. The van der Waals surface area contributed by atoms with Gasteiger partial charge in [-0.05, 0) is 58.4 Å². The zero-order valence-corrected chi connectivity index (χ0v) is 9.51. The highest BCUT2D eigenvalue weighted by atomic mass is 16.5. The molecule has 2 rings (SSSR count). The fourth-order valence-corrected chi connectivity index (χ4v) is 2.20. The van der Waals surface area contributed by atoms with Gasteiger partial charge in [0, 0.05) is 12.1 Å². The van der Waals surface area contributed by atoms with E-state index < -0.39 is 0 Å². The van der Waals surface area contributed by atoms with Crippen molar-refractivity contribution in [1.29, 1.82) is 0 Å². The van der Waals surface area contributed by atoms with Gasteiger partial charge in [0.15, 0.2) is 0 Å². The van der Waals surface area contributed by atoms with Gasteiger partial charge in [-0.3, -0.25) is 0 Å². The first kappa shape index (κ1) is 10.4. The second-order valence-electron chi connectivity index (χ2n) is 5.29. The van der Waals surface area contributed by atoms with Crippen molar-refractivity contribution in [2.45, 2.75) is 57.1 Å². The van der Waals surface area contributed by atoms with Crippen LogP contribution < -0.4 is 5.32 Å². The fraction of sp³-hybridized carbons (Fsp3) is 1.00. The minimum atomic E-state index is 0.374. The minimum absolute atomic E-state index is 0.374. The molecule has 0 spiro atoms. The van der Waals surface area contributed by atoms with Gasteiger partial charge in [-0.15, -0.1) is 0 Å². The van der Waals surface area contributed by atoms with E-state index in [1.165, 1.54) is 38.5 Å². The van der Waals surface area contributed by atoms with Crippen molar-refractivity contribution >= 4 is 0 Å². The summed E-state index contributed by atoms with van der Waals surface area (Å²) in [7, 11) is 2.07. The normalized spacial score (nSPS) is 38.6. The van der Waals surface area contributed by atoms with E-state index in [0.717, 1.165) is 12.5 Å². The lowest BCUT2D eigenvalue weighted by Gasteiger charge is -2.37. The highest BCUT2D eigenvalue weighted by Gasteiger charge is 2.31. The Morgan fingerprint density at radius 2 is 1.86 bits per heavy atom. The first-order valence-corrected chi connectivity index (χ1v) is 6.02. The molecule has 0 aliphatic heterocycles. The van der Waals surface area contributed by atoms with Gasteiger partial charge in [0.05, 0.1) is 6.10 Å². The van der Waals surface area contributed by atoms with Crippen molar-refractivity contribution in [2.75, 3.05) is 13.7 Å². The standard InChI is InChI=1S/C12H23NO/c1-12(13-2)7-5-11(6-8-12)14-9-10-3-4-10/h10-11,13H,3-9H2,1-2H3/t11-,12+. The summed E-state index contributed by atoms with van der Waals surface area (Å²) in [5.41, 5.74) is 0.374. The molecule has 2 aliphatic carbocycles. The maximum absolute atomic E-state index is 5.92. The summed E-state index contributed by atoms with van der Waals surface area (Å²) in [5.74, 6) is 0.910. The Hall–Kier alpha value is -0.0800. The smallest absolute Gasteiger partial charge is 0.0576 e. The van der Waals surface area contributed by atoms with Crippen LogP contribution in [-0.4, -0.2) is 25.3 Å². The topological polar surface area (TPSA) is 21.3 Å². The summed E-state index contributed by atoms with van der Waals surface area (Å²) in [6.07, 6.45) is 8.37. The van der Waals surface area contributed by atoms with Crippen LogP contribution in [0.3, 0.4) is 0 Å². The zero-order valence-electron chi connectivity index (χ0n) is 9.51. The Morgan fingerprint density at radius 1 is 1.21 bits per heavy atom. The van der Waals surface area contributed by atoms with Crippen molar-refractivity contribution in [2.24, 2.45) is 5.92 Å². The van der Waals surface area contributed by atoms with Gasteiger partial charge >= 0.3 is 0 Å². The molecule has 0 radical (unpaired) electrons. The lowest BCUT2D eigenvalue weighted by molar-refractivity contribution is 0.00604. The maximum Gasteiger partial charge on any atom is 0.0576 e. The van der Waals surface area contributed by atoms with E-state index in [4.69, 9.17) is 4.74 Å². The van der Waals surface area contributed by atoms with Crippen LogP contribution in [-0.2, 0) is 4.74 Å². The molecular weight excluding hydrogens is 174 g/mol. The summed E-state index contributed by atoms with van der Waals surface area (Å²) in [5, 5.41) is 3.42. The molecule has 2 saturated carbocycles. The van der Waals surface area contributed by atoms with E-state index >= 15 is 0 Å². The van der Waals surface area contributed by atoms with Crippen LogP contribution in [0, 0.1) is 5.92 Å². The van der Waals surface area contributed by atoms with Crippen LogP contribution in [0.25, 0.3) is 0 Å². The average Bonchev–Trinajstić information content (AvgIpc) is 3.01. The minimum Gasteiger partial charge on any atom is -0.378 e. The molecule has 2 fully saturated rings. The Balaban J connectivity index is 1.66. The SMILES string of the molecule is CN[C@]1(C)CC[C@H](OCC2CC2)CC1. The van der Waals surface area contributed by atoms with Crippen LogP contribution >= 0.6 is 0 Å². The summed E-state index contributed by atoms with van der Waals surface area (Å²) in [4.78, 5) is 0. The van der Waals surface area contributed by atoms with E-state index in [-0.39, 0.29) is 0 Å². The van der Waals surface area contributed by atoms with Crippen LogP contribution in [0.15, 0.2) is 0 Å². The molecule has 0 aromatic heterocycles. The van der Waals surface area contributed by atoms with Gasteiger partial charge in [-0.1, -0.05) is 0 Å². The lowest BCUT2D eigenvalue weighted by Crippen LogP contribution is -2.44. The van der Waals surface area contributed by atoms with Gasteiger partial charge in [0.25, 0.3) is 0 Å². The Bertz CT molecular complexity index is 181.